The predicted molar refractivity (Wildman–Crippen MR) is 102 cm³/mol. The van der Waals surface area contributed by atoms with Gasteiger partial charge in [-0.25, -0.2) is 4.39 Å². The molecule has 1 aromatic heterocycles. The van der Waals surface area contributed by atoms with Crippen molar-refractivity contribution < 1.29 is 12.8 Å². The molecule has 0 N–H and O–H groups in total. The molecule has 0 radical (unpaired) electrons. The van der Waals surface area contributed by atoms with E-state index in [1.807, 2.05) is 18.2 Å². The number of sulfonamides is 1. The average Bonchev–Trinajstić information content (AvgIpc) is 2.91. The molecule has 3 aromatic rings. The van der Waals surface area contributed by atoms with Crippen molar-refractivity contribution in [2.75, 3.05) is 0 Å². The molecule has 3 rings (SSSR count). The number of thiazole rings is 1. The van der Waals surface area contributed by atoms with Crippen LogP contribution in [0, 0.1) is 18.2 Å². The van der Waals surface area contributed by atoms with Gasteiger partial charge in [-0.15, -0.1) is 10.8 Å². The second kappa shape index (κ2) is 7.06. The number of rotatable bonds is 4. The highest BCUT2D eigenvalue weighted by molar-refractivity contribution is 7.90. The van der Waals surface area contributed by atoms with Crippen LogP contribution >= 0.6 is 11.3 Å². The third-order valence-corrected chi connectivity index (χ3v) is 6.37. The fraction of sp³-hybridized carbons (Fsp3) is 0.211. The minimum Gasteiger partial charge on any atom is -0.304 e. The lowest BCUT2D eigenvalue weighted by molar-refractivity contribution is 0.594. The van der Waals surface area contributed by atoms with Gasteiger partial charge >= 0.3 is 0 Å². The normalized spacial score (nSPS) is 12.7. The molecule has 0 saturated carbocycles. The number of nitrogens with zero attached hydrogens (tertiary/aromatic N) is 2. The molecule has 0 bridgehead atoms. The quantitative estimate of drug-likeness (QED) is 0.637. The first-order chi connectivity index (χ1) is 12.3. The predicted octanol–water partition coefficient (Wildman–Crippen LogP) is 3.89. The molecule has 2 aromatic carbocycles. The maximum absolute atomic E-state index is 13.1. The molecular weight excluding hydrogens is 371 g/mol. The maximum Gasteiger partial charge on any atom is 0.285 e. The van der Waals surface area contributed by atoms with Gasteiger partial charge in [-0.3, -0.25) is 0 Å². The van der Waals surface area contributed by atoms with E-state index >= 15 is 0 Å². The molecule has 0 amide bonds. The summed E-state index contributed by atoms with van der Waals surface area (Å²) in [6.45, 7) is 4.39. The Morgan fingerprint density at radius 2 is 1.92 bits per heavy atom. The molecule has 134 valence electrons. The van der Waals surface area contributed by atoms with Crippen molar-refractivity contribution in [2.45, 2.75) is 31.2 Å². The standard InChI is InChI=1S/C19H17FN2O2S2/c1-4-11-22-17-10-5-14(13(2)3)12-18(17)25-19(22)21-26(23,24)16-8-6-15(20)7-9-16/h1,5-10,12-13H,11H2,2-3H3. The van der Waals surface area contributed by atoms with Crippen LogP contribution in [-0.2, 0) is 16.6 Å². The molecule has 0 aliphatic heterocycles. The van der Waals surface area contributed by atoms with Crippen LogP contribution in [-0.4, -0.2) is 13.0 Å². The van der Waals surface area contributed by atoms with Gasteiger partial charge in [-0.1, -0.05) is 37.2 Å². The third kappa shape index (κ3) is 3.57. The number of halogens is 1. The zero-order valence-corrected chi connectivity index (χ0v) is 15.9. The smallest absolute Gasteiger partial charge is 0.285 e. The molecule has 0 saturated heterocycles. The van der Waals surface area contributed by atoms with E-state index in [4.69, 9.17) is 6.42 Å². The third-order valence-electron chi connectivity index (χ3n) is 3.93. The van der Waals surface area contributed by atoms with E-state index < -0.39 is 15.8 Å². The van der Waals surface area contributed by atoms with E-state index in [1.165, 1.54) is 23.5 Å². The monoisotopic (exact) mass is 388 g/mol. The maximum atomic E-state index is 13.1. The second-order valence-electron chi connectivity index (χ2n) is 6.08. The first kappa shape index (κ1) is 18.4. The molecule has 1 heterocycles. The molecule has 7 heteroatoms. The zero-order chi connectivity index (χ0) is 18.9. The number of hydrogen-bond acceptors (Lipinski definition) is 3. The van der Waals surface area contributed by atoms with Crippen molar-refractivity contribution in [3.63, 3.8) is 0 Å². The van der Waals surface area contributed by atoms with Gasteiger partial charge in [0.25, 0.3) is 10.0 Å². The first-order valence-electron chi connectivity index (χ1n) is 7.95. The molecule has 0 spiro atoms. The Bertz CT molecular complexity index is 1160. The fourth-order valence-electron chi connectivity index (χ4n) is 2.53. The molecular formula is C19H17FN2O2S2. The van der Waals surface area contributed by atoms with Crippen LogP contribution in [0.2, 0.25) is 0 Å². The highest BCUT2D eigenvalue weighted by Crippen LogP contribution is 2.24. The summed E-state index contributed by atoms with van der Waals surface area (Å²) in [4.78, 5) is 0.231. The van der Waals surface area contributed by atoms with Crippen molar-refractivity contribution in [3.8, 4) is 12.3 Å². The summed E-state index contributed by atoms with van der Waals surface area (Å²) in [5.74, 6) is 2.39. The van der Waals surface area contributed by atoms with Crippen molar-refractivity contribution in [1.82, 2.24) is 4.57 Å². The molecule has 4 nitrogen and oxygen atoms in total. The van der Waals surface area contributed by atoms with Crippen LogP contribution < -0.4 is 4.80 Å². The lowest BCUT2D eigenvalue weighted by Gasteiger charge is -2.05. The summed E-state index contributed by atoms with van der Waals surface area (Å²) in [5, 5.41) is 0. The van der Waals surface area contributed by atoms with Crippen molar-refractivity contribution in [1.29, 1.82) is 0 Å². The number of terminal acetylenes is 1. The Morgan fingerprint density at radius 1 is 1.23 bits per heavy atom. The number of aromatic nitrogens is 1. The summed E-state index contributed by atoms with van der Waals surface area (Å²) >= 11 is 1.27. The van der Waals surface area contributed by atoms with E-state index in [0.29, 0.717) is 10.7 Å². The van der Waals surface area contributed by atoms with Crippen LogP contribution in [0.1, 0.15) is 25.3 Å². The van der Waals surface area contributed by atoms with Gasteiger partial charge in [0.05, 0.1) is 21.7 Å². The van der Waals surface area contributed by atoms with Crippen LogP contribution in [0.15, 0.2) is 51.8 Å². The summed E-state index contributed by atoms with van der Waals surface area (Å²) in [6.07, 6.45) is 5.45. The Kier molecular flexibility index (Phi) is 4.99. The van der Waals surface area contributed by atoms with Crippen LogP contribution in [0.4, 0.5) is 4.39 Å². The fourth-order valence-corrected chi connectivity index (χ4v) is 4.81. The highest BCUT2D eigenvalue weighted by atomic mass is 32.2. The average molecular weight is 388 g/mol. The molecule has 0 aliphatic rings. The first-order valence-corrected chi connectivity index (χ1v) is 10.2. The number of benzene rings is 2. The Hall–Kier alpha value is -2.43. The van der Waals surface area contributed by atoms with Gasteiger partial charge in [-0.2, -0.15) is 8.42 Å². The summed E-state index contributed by atoms with van der Waals surface area (Å²) in [5.41, 5.74) is 1.99. The molecule has 0 aliphatic carbocycles. The van der Waals surface area contributed by atoms with Crippen molar-refractivity contribution in [2.24, 2.45) is 4.40 Å². The Labute approximate surface area is 155 Å². The van der Waals surface area contributed by atoms with Gasteiger partial charge in [0.15, 0.2) is 0 Å². The van der Waals surface area contributed by atoms with Crippen molar-refractivity contribution >= 4 is 31.6 Å². The van der Waals surface area contributed by atoms with E-state index in [0.717, 1.165) is 27.9 Å². The summed E-state index contributed by atoms with van der Waals surface area (Å²) in [7, 11) is -3.97. The SMILES string of the molecule is C#CCn1c(=NS(=O)(=O)c2ccc(F)cc2)sc2cc(C(C)C)ccc21. The van der Waals surface area contributed by atoms with E-state index in [9.17, 15) is 12.8 Å². The van der Waals surface area contributed by atoms with Gasteiger partial charge in [0.1, 0.15) is 5.82 Å². The van der Waals surface area contributed by atoms with Crippen molar-refractivity contribution in [3.05, 3.63) is 58.6 Å². The number of fused-ring (bicyclic) bond motifs is 1. The van der Waals surface area contributed by atoms with Gasteiger partial charge in [-0.05, 0) is 47.9 Å². The minimum absolute atomic E-state index is 0.0634. The molecule has 26 heavy (non-hydrogen) atoms. The van der Waals surface area contributed by atoms with E-state index in [1.54, 1.807) is 4.57 Å². The second-order valence-corrected chi connectivity index (χ2v) is 8.69. The molecule has 0 unspecified atom stereocenters. The van der Waals surface area contributed by atoms with Crippen LogP contribution in [0.3, 0.4) is 0 Å². The Balaban J connectivity index is 2.22. The van der Waals surface area contributed by atoms with E-state index in [2.05, 4.69) is 24.2 Å². The minimum atomic E-state index is -3.97. The largest absolute Gasteiger partial charge is 0.304 e. The van der Waals surface area contributed by atoms with Gasteiger partial charge in [0.2, 0.25) is 4.80 Å². The number of hydrogen-bond donors (Lipinski definition) is 0. The zero-order valence-electron chi connectivity index (χ0n) is 14.3. The lowest BCUT2D eigenvalue weighted by atomic mass is 10.0. The molecule has 0 fully saturated rings. The van der Waals surface area contributed by atoms with E-state index in [-0.39, 0.29) is 11.4 Å². The highest BCUT2D eigenvalue weighted by Gasteiger charge is 2.15. The van der Waals surface area contributed by atoms with Crippen LogP contribution in [0.5, 0.6) is 0 Å². The molecule has 0 atom stereocenters. The van der Waals surface area contributed by atoms with Gasteiger partial charge < -0.3 is 4.57 Å². The summed E-state index contributed by atoms with van der Waals surface area (Å²) in [6, 6.07) is 10.6. The Morgan fingerprint density at radius 3 is 2.54 bits per heavy atom. The topological polar surface area (TPSA) is 51.4 Å². The lowest BCUT2D eigenvalue weighted by Crippen LogP contribution is -2.16. The van der Waals surface area contributed by atoms with Crippen LogP contribution in [0.25, 0.3) is 10.2 Å². The van der Waals surface area contributed by atoms with Gasteiger partial charge in [0, 0.05) is 0 Å². The summed E-state index contributed by atoms with van der Waals surface area (Å²) < 4.78 is 44.8.